The van der Waals surface area contributed by atoms with Crippen molar-refractivity contribution in [1.29, 1.82) is 0 Å². The van der Waals surface area contributed by atoms with Crippen LogP contribution in [-0.2, 0) is 12.8 Å². The number of aryl methyl sites for hydroxylation is 1. The second-order valence-corrected chi connectivity index (χ2v) is 8.72. The van der Waals surface area contributed by atoms with Crippen molar-refractivity contribution in [3.8, 4) is 0 Å². The van der Waals surface area contributed by atoms with Gasteiger partial charge in [0.15, 0.2) is 0 Å². The molecule has 0 heterocycles. The lowest BCUT2D eigenvalue weighted by molar-refractivity contribution is 0.365. The molecule has 0 aliphatic carbocycles. The van der Waals surface area contributed by atoms with Crippen molar-refractivity contribution in [3.05, 3.63) is 35.4 Å². The molecule has 0 aliphatic rings. The van der Waals surface area contributed by atoms with Crippen LogP contribution in [-0.4, -0.2) is 13.1 Å². The second-order valence-electron chi connectivity index (χ2n) is 8.72. The maximum Gasteiger partial charge on any atom is 0.000000406 e. The first-order valence-corrected chi connectivity index (χ1v) is 8.44. The number of hydrogen-bond acceptors (Lipinski definition) is 1. The fourth-order valence-corrected chi connectivity index (χ4v) is 2.39. The third-order valence-corrected chi connectivity index (χ3v) is 3.66. The molecule has 21 heavy (non-hydrogen) atoms. The zero-order valence-electron chi connectivity index (χ0n) is 15.1. The van der Waals surface area contributed by atoms with E-state index in [1.165, 1.54) is 30.4 Å². The molecule has 0 saturated carbocycles. The summed E-state index contributed by atoms with van der Waals surface area (Å²) in [6.45, 7) is 15.9. The van der Waals surface area contributed by atoms with E-state index in [4.69, 9.17) is 0 Å². The third kappa shape index (κ3) is 9.68. The predicted molar refractivity (Wildman–Crippen MR) is 94.9 cm³/mol. The Bertz CT molecular complexity index is 389. The van der Waals surface area contributed by atoms with Gasteiger partial charge in [-0.1, -0.05) is 65.8 Å². The van der Waals surface area contributed by atoms with Gasteiger partial charge in [0.05, 0.1) is 0 Å². The van der Waals surface area contributed by atoms with E-state index < -0.39 is 0 Å². The SMILES string of the molecule is CC(C)(C)CCCc1ccc(CCNCC(C)(C)C)cc1. The Labute approximate surface area is 132 Å². The Morgan fingerprint density at radius 2 is 1.29 bits per heavy atom. The summed E-state index contributed by atoms with van der Waals surface area (Å²) in [4.78, 5) is 0. The summed E-state index contributed by atoms with van der Waals surface area (Å²) in [7, 11) is 0. The molecular weight excluding hydrogens is 254 g/mol. The molecule has 0 amide bonds. The van der Waals surface area contributed by atoms with Crippen molar-refractivity contribution < 1.29 is 0 Å². The zero-order chi connectivity index (χ0) is 15.9. The van der Waals surface area contributed by atoms with E-state index in [0.29, 0.717) is 10.8 Å². The monoisotopic (exact) mass is 289 g/mol. The average molecular weight is 290 g/mol. The first-order chi connectivity index (χ1) is 9.66. The van der Waals surface area contributed by atoms with E-state index in [1.807, 2.05) is 0 Å². The number of hydrogen-bond donors (Lipinski definition) is 1. The normalized spacial score (nSPS) is 12.7. The molecule has 1 N–H and O–H groups in total. The van der Waals surface area contributed by atoms with Gasteiger partial charge >= 0.3 is 0 Å². The molecule has 0 saturated heterocycles. The second kappa shape index (κ2) is 7.98. The van der Waals surface area contributed by atoms with Crippen LogP contribution in [0.15, 0.2) is 24.3 Å². The van der Waals surface area contributed by atoms with Crippen LogP contribution < -0.4 is 5.32 Å². The van der Waals surface area contributed by atoms with Gasteiger partial charge in [0.2, 0.25) is 0 Å². The maximum atomic E-state index is 3.54. The smallest absolute Gasteiger partial charge is 0.000000406 e. The van der Waals surface area contributed by atoms with Crippen molar-refractivity contribution in [2.24, 2.45) is 10.8 Å². The largest absolute Gasteiger partial charge is 0.316 e. The van der Waals surface area contributed by atoms with Crippen LogP contribution in [0.25, 0.3) is 0 Å². The standard InChI is InChI=1S/C20H35N/c1-19(2,3)14-7-8-17-9-11-18(12-10-17)13-15-21-16-20(4,5)6/h9-12,21H,7-8,13-16H2,1-6H3. The van der Waals surface area contributed by atoms with Crippen molar-refractivity contribution in [1.82, 2.24) is 5.32 Å². The van der Waals surface area contributed by atoms with Gasteiger partial charge in [0.1, 0.15) is 0 Å². The van der Waals surface area contributed by atoms with Gasteiger partial charge in [0.25, 0.3) is 0 Å². The molecule has 1 rings (SSSR count). The summed E-state index contributed by atoms with van der Waals surface area (Å²) in [6.07, 6.45) is 4.92. The number of benzene rings is 1. The van der Waals surface area contributed by atoms with Crippen LogP contribution >= 0.6 is 0 Å². The van der Waals surface area contributed by atoms with Gasteiger partial charge < -0.3 is 5.32 Å². The van der Waals surface area contributed by atoms with Crippen molar-refractivity contribution >= 4 is 0 Å². The van der Waals surface area contributed by atoms with Crippen LogP contribution in [0.3, 0.4) is 0 Å². The lowest BCUT2D eigenvalue weighted by atomic mass is 9.89. The molecular formula is C20H35N. The Kier molecular flexibility index (Phi) is 6.93. The molecule has 1 aromatic rings. The summed E-state index contributed by atoms with van der Waals surface area (Å²) in [5.74, 6) is 0. The topological polar surface area (TPSA) is 12.0 Å². The fourth-order valence-electron chi connectivity index (χ4n) is 2.39. The highest BCUT2D eigenvalue weighted by Crippen LogP contribution is 2.22. The minimum absolute atomic E-state index is 0.372. The van der Waals surface area contributed by atoms with E-state index in [-0.39, 0.29) is 0 Å². The molecule has 1 aromatic carbocycles. The van der Waals surface area contributed by atoms with Crippen molar-refractivity contribution in [2.75, 3.05) is 13.1 Å². The van der Waals surface area contributed by atoms with Gasteiger partial charge in [-0.15, -0.1) is 0 Å². The zero-order valence-corrected chi connectivity index (χ0v) is 15.1. The van der Waals surface area contributed by atoms with Gasteiger partial charge in [0, 0.05) is 6.54 Å². The van der Waals surface area contributed by atoms with E-state index in [1.54, 1.807) is 0 Å². The van der Waals surface area contributed by atoms with Gasteiger partial charge in [-0.25, -0.2) is 0 Å². The van der Waals surface area contributed by atoms with Crippen molar-refractivity contribution in [3.63, 3.8) is 0 Å². The van der Waals surface area contributed by atoms with E-state index in [2.05, 4.69) is 71.1 Å². The van der Waals surface area contributed by atoms with Gasteiger partial charge in [-0.2, -0.15) is 0 Å². The quantitative estimate of drug-likeness (QED) is 0.677. The molecule has 0 unspecified atom stereocenters. The molecule has 0 radical (unpaired) electrons. The van der Waals surface area contributed by atoms with Gasteiger partial charge in [-0.3, -0.25) is 0 Å². The highest BCUT2D eigenvalue weighted by Gasteiger charge is 2.09. The van der Waals surface area contributed by atoms with Crippen molar-refractivity contribution in [2.45, 2.75) is 67.2 Å². The van der Waals surface area contributed by atoms with Crippen LogP contribution in [0.5, 0.6) is 0 Å². The van der Waals surface area contributed by atoms with Crippen LogP contribution in [0.2, 0.25) is 0 Å². The number of nitrogens with one attached hydrogen (secondary N) is 1. The van der Waals surface area contributed by atoms with Crippen LogP contribution in [0.1, 0.15) is 65.5 Å². The summed E-state index contributed by atoms with van der Waals surface area (Å²) in [6, 6.07) is 9.21. The first-order valence-electron chi connectivity index (χ1n) is 8.44. The Balaban J connectivity index is 2.27. The molecule has 0 aromatic heterocycles. The highest BCUT2D eigenvalue weighted by atomic mass is 14.9. The van der Waals surface area contributed by atoms with Crippen LogP contribution in [0.4, 0.5) is 0 Å². The molecule has 120 valence electrons. The molecule has 0 fully saturated rings. The van der Waals surface area contributed by atoms with Crippen LogP contribution in [0, 0.1) is 10.8 Å². The molecule has 0 atom stereocenters. The molecule has 0 spiro atoms. The van der Waals surface area contributed by atoms with Gasteiger partial charge in [-0.05, 0) is 54.2 Å². The third-order valence-electron chi connectivity index (χ3n) is 3.66. The predicted octanol–water partition coefficient (Wildman–Crippen LogP) is 5.23. The summed E-state index contributed by atoms with van der Waals surface area (Å²) in [5, 5.41) is 3.54. The minimum Gasteiger partial charge on any atom is -0.316 e. The Morgan fingerprint density at radius 1 is 0.762 bits per heavy atom. The molecule has 0 bridgehead atoms. The maximum absolute atomic E-state index is 3.54. The summed E-state index contributed by atoms with van der Waals surface area (Å²) < 4.78 is 0. The Morgan fingerprint density at radius 3 is 1.76 bits per heavy atom. The lowest BCUT2D eigenvalue weighted by Gasteiger charge is -2.18. The number of rotatable bonds is 7. The fraction of sp³-hybridized carbons (Fsp3) is 0.700. The first kappa shape index (κ1) is 18.2. The molecule has 1 nitrogen and oxygen atoms in total. The molecule has 0 aliphatic heterocycles. The van der Waals surface area contributed by atoms with E-state index in [0.717, 1.165) is 19.5 Å². The lowest BCUT2D eigenvalue weighted by Crippen LogP contribution is -2.28. The highest BCUT2D eigenvalue weighted by molar-refractivity contribution is 5.22. The minimum atomic E-state index is 0.372. The summed E-state index contributed by atoms with van der Waals surface area (Å²) >= 11 is 0. The van der Waals surface area contributed by atoms with E-state index in [9.17, 15) is 0 Å². The van der Waals surface area contributed by atoms with E-state index >= 15 is 0 Å². The average Bonchev–Trinajstić information content (AvgIpc) is 2.34. The summed E-state index contributed by atoms with van der Waals surface area (Å²) in [5.41, 5.74) is 3.75. The molecule has 1 heteroatoms. The Hall–Kier alpha value is -0.820.